The van der Waals surface area contributed by atoms with E-state index in [1.165, 1.54) is 0 Å². The summed E-state index contributed by atoms with van der Waals surface area (Å²) < 4.78 is 0. The molecule has 0 aliphatic heterocycles. The SMILES string of the molecule is CC[C@H](C)[C@H](N)C(=O)N[C@@H](CC(C)C)C(=O)N[C@@H](CC(N)=O)C(=O)N[C@@H](CCCCN)C(=O)N[C@@H](CCCCN)C(=O)N[C@@H](CCCN=C(N)N)C(=O)N[C@@H](CO)C(=O)N[C@@H](CCCCN)C(=O)N[C@@H](CCCCN)C(=O)N[C@H](C(=O)O)[C@@H](C)CC. The molecule has 0 heterocycles. The summed E-state index contributed by atoms with van der Waals surface area (Å²) >= 11 is 0. The van der Waals surface area contributed by atoms with Crippen molar-refractivity contribution in [1.82, 2.24) is 47.9 Å². The fourth-order valence-corrected chi connectivity index (χ4v) is 8.75. The van der Waals surface area contributed by atoms with E-state index in [0.717, 1.165) is 0 Å². The van der Waals surface area contributed by atoms with Crippen LogP contribution in [0.3, 0.4) is 0 Å². The van der Waals surface area contributed by atoms with E-state index < -0.39 is 144 Å². The van der Waals surface area contributed by atoms with Crippen LogP contribution in [0.15, 0.2) is 4.99 Å². The lowest BCUT2D eigenvalue weighted by Gasteiger charge is -2.28. The zero-order valence-corrected chi connectivity index (χ0v) is 51.4. The van der Waals surface area contributed by atoms with Crippen LogP contribution >= 0.6 is 0 Å². The van der Waals surface area contributed by atoms with Gasteiger partial charge < -0.3 is 104 Å². The largest absolute Gasteiger partial charge is 0.480 e. The quantitative estimate of drug-likeness (QED) is 0.0155. The third-order valence-electron chi connectivity index (χ3n) is 14.4. The first-order valence-corrected chi connectivity index (χ1v) is 30.1. The van der Waals surface area contributed by atoms with Crippen molar-refractivity contribution in [1.29, 1.82) is 0 Å². The van der Waals surface area contributed by atoms with Gasteiger partial charge in [0, 0.05) is 6.54 Å². The number of aliphatic imine (C=N–C) groups is 1. The Morgan fingerprint density at radius 3 is 1.06 bits per heavy atom. The number of hydrogen-bond donors (Lipinski definition) is 19. The van der Waals surface area contributed by atoms with Gasteiger partial charge in [0.1, 0.15) is 54.4 Å². The van der Waals surface area contributed by atoms with Gasteiger partial charge in [0.15, 0.2) is 5.96 Å². The summed E-state index contributed by atoms with van der Waals surface area (Å²) in [6.45, 7) is 10.5. The van der Waals surface area contributed by atoms with Gasteiger partial charge in [0.05, 0.1) is 19.1 Å². The molecule has 0 radical (unpaired) electrons. The molecule has 0 spiro atoms. The van der Waals surface area contributed by atoms with E-state index in [2.05, 4.69) is 52.8 Å². The van der Waals surface area contributed by atoms with Crippen molar-refractivity contribution in [2.24, 2.45) is 68.6 Å². The number of rotatable bonds is 48. The summed E-state index contributed by atoms with van der Waals surface area (Å²) in [4.78, 5) is 154. The summed E-state index contributed by atoms with van der Waals surface area (Å²) in [5.74, 6) is -11.2. The van der Waals surface area contributed by atoms with Crippen LogP contribution in [0.4, 0.5) is 0 Å². The number of aliphatic carboxylic acids is 1. The van der Waals surface area contributed by atoms with Gasteiger partial charge in [0.2, 0.25) is 59.1 Å². The molecule has 0 saturated carbocycles. The molecule has 0 aromatic carbocycles. The first kappa shape index (κ1) is 79.2. The van der Waals surface area contributed by atoms with E-state index >= 15 is 0 Å². The molecule has 494 valence electrons. The molecular formula is C55H106N18O13. The molecule has 0 aliphatic rings. The highest BCUT2D eigenvalue weighted by Crippen LogP contribution is 2.14. The maximum atomic E-state index is 14.4. The summed E-state index contributed by atoms with van der Waals surface area (Å²) in [6.07, 6.45) is 3.18. The Morgan fingerprint density at radius 2 is 0.733 bits per heavy atom. The molecule has 0 aromatic heterocycles. The van der Waals surface area contributed by atoms with Crippen molar-refractivity contribution in [3.63, 3.8) is 0 Å². The van der Waals surface area contributed by atoms with Crippen LogP contribution in [0, 0.1) is 17.8 Å². The average Bonchev–Trinajstić information content (AvgIpc) is 3.65. The van der Waals surface area contributed by atoms with Gasteiger partial charge in [-0.25, -0.2) is 4.79 Å². The summed E-state index contributed by atoms with van der Waals surface area (Å²) in [5.41, 5.74) is 45.7. The van der Waals surface area contributed by atoms with Gasteiger partial charge in [-0.1, -0.05) is 54.4 Å². The number of carboxylic acids is 1. The molecule has 0 bridgehead atoms. The van der Waals surface area contributed by atoms with Crippen LogP contribution in [0.5, 0.6) is 0 Å². The molecule has 0 fully saturated rings. The summed E-state index contributed by atoms with van der Waals surface area (Å²) in [5, 5.41) is 43.5. The molecule has 0 aromatic rings. The number of carbonyl (C=O) groups excluding carboxylic acids is 10. The Bertz CT molecular complexity index is 2150. The number of nitrogens with one attached hydrogen (secondary N) is 9. The molecule has 31 heteroatoms. The lowest BCUT2D eigenvalue weighted by atomic mass is 9.97. The Morgan fingerprint density at radius 1 is 0.419 bits per heavy atom. The minimum absolute atomic E-state index is 0.0140. The topological polar surface area (TPSA) is 557 Å². The van der Waals surface area contributed by atoms with Gasteiger partial charge in [0.25, 0.3) is 0 Å². The number of carbonyl (C=O) groups is 11. The van der Waals surface area contributed by atoms with E-state index in [4.69, 9.17) is 45.9 Å². The van der Waals surface area contributed by atoms with Crippen LogP contribution < -0.4 is 93.7 Å². The van der Waals surface area contributed by atoms with E-state index in [1.807, 2.05) is 6.92 Å². The standard InChI is InChI=1S/C55H106N18O13/c1-7-32(5)43(61)53(84)71-39(28-31(3)4)50(81)70-40(29-42(60)75)51(82)68-35(19-10-14-24-57)46(77)65-34(18-9-13-23-56)45(76)67-38(22-17-27-64-55(62)63)48(79)72-41(30-74)52(83)69-36(20-11-15-25-58)47(78)66-37(21-12-16-26-59)49(80)73-44(54(85)86)33(6)8-2/h31-41,43-44,74H,7-30,56-59,61H2,1-6H3,(H2,60,75)(H,65,77)(H,66,78)(H,67,76)(H,68,82)(H,69,83)(H,70,81)(H,71,84)(H,72,79)(H,73,80)(H,85,86)(H4,62,63,64)/t32-,33-,34-,35-,36-,37-,38-,39-,40-,41-,43-,44-/m0/s1. The van der Waals surface area contributed by atoms with Crippen LogP contribution in [0.25, 0.3) is 0 Å². The predicted octanol–water partition coefficient (Wildman–Crippen LogP) is -4.66. The monoisotopic (exact) mass is 1230 g/mol. The zero-order chi connectivity index (χ0) is 65.5. The van der Waals surface area contributed by atoms with Gasteiger partial charge in [-0.3, -0.25) is 52.9 Å². The van der Waals surface area contributed by atoms with Gasteiger partial charge >= 0.3 is 5.97 Å². The molecule has 10 amide bonds. The fourth-order valence-electron chi connectivity index (χ4n) is 8.75. The minimum atomic E-state index is -1.74. The number of unbranched alkanes of at least 4 members (excludes halogenated alkanes) is 4. The zero-order valence-electron chi connectivity index (χ0n) is 51.4. The highest BCUT2D eigenvalue weighted by Gasteiger charge is 2.37. The van der Waals surface area contributed by atoms with Crippen LogP contribution in [-0.2, 0) is 52.7 Å². The summed E-state index contributed by atoms with van der Waals surface area (Å²) in [6, 6.07) is -13.7. The third kappa shape index (κ3) is 32.1. The van der Waals surface area contributed by atoms with E-state index in [9.17, 15) is 63.0 Å². The first-order valence-electron chi connectivity index (χ1n) is 30.1. The highest BCUT2D eigenvalue weighted by atomic mass is 16.4. The molecule has 27 N–H and O–H groups in total. The highest BCUT2D eigenvalue weighted by molar-refractivity contribution is 5.99. The second kappa shape index (κ2) is 44.6. The van der Waals surface area contributed by atoms with E-state index in [-0.39, 0.29) is 108 Å². The smallest absolute Gasteiger partial charge is 0.326 e. The Kier molecular flexibility index (Phi) is 41.1. The first-order chi connectivity index (χ1) is 40.7. The molecular weight excluding hydrogens is 1120 g/mol. The van der Waals surface area contributed by atoms with Crippen LogP contribution in [0.2, 0.25) is 0 Å². The number of carboxylic acid groups (broad SMARTS) is 1. The Labute approximate surface area is 505 Å². The van der Waals surface area contributed by atoms with Gasteiger partial charge in [-0.2, -0.15) is 0 Å². The molecule has 12 atom stereocenters. The minimum Gasteiger partial charge on any atom is -0.480 e. The third-order valence-corrected chi connectivity index (χ3v) is 14.4. The second-order valence-electron chi connectivity index (χ2n) is 22.2. The lowest BCUT2D eigenvalue weighted by Crippen LogP contribution is -2.61. The van der Waals surface area contributed by atoms with Crippen molar-refractivity contribution in [2.45, 2.75) is 218 Å². The van der Waals surface area contributed by atoms with Crippen molar-refractivity contribution in [3.05, 3.63) is 0 Å². The van der Waals surface area contributed by atoms with Crippen molar-refractivity contribution in [3.8, 4) is 0 Å². The Balaban J connectivity index is 7.03. The molecule has 31 nitrogen and oxygen atoms in total. The number of nitrogens with two attached hydrogens (primary N) is 8. The summed E-state index contributed by atoms with van der Waals surface area (Å²) in [7, 11) is 0. The van der Waals surface area contributed by atoms with Crippen molar-refractivity contribution in [2.75, 3.05) is 39.3 Å². The number of aliphatic hydroxyl groups excluding tert-OH is 1. The van der Waals surface area contributed by atoms with Crippen molar-refractivity contribution < 1.29 is 63.0 Å². The molecule has 0 rings (SSSR count). The predicted molar refractivity (Wildman–Crippen MR) is 324 cm³/mol. The molecule has 0 aliphatic carbocycles. The fraction of sp³-hybridized carbons (Fsp3) is 0.782. The van der Waals surface area contributed by atoms with E-state index in [1.54, 1.807) is 34.6 Å². The normalized spacial score (nSPS) is 15.4. The molecule has 0 unspecified atom stereocenters. The number of aliphatic hydroxyl groups is 1. The van der Waals surface area contributed by atoms with Crippen molar-refractivity contribution >= 4 is 71.0 Å². The lowest BCUT2D eigenvalue weighted by molar-refractivity contribution is -0.144. The van der Waals surface area contributed by atoms with Gasteiger partial charge in [-0.05, 0) is 140 Å². The number of hydrogen-bond acceptors (Lipinski definition) is 18. The number of nitrogens with zero attached hydrogens (tertiary/aromatic N) is 1. The maximum Gasteiger partial charge on any atom is 0.326 e. The van der Waals surface area contributed by atoms with Crippen LogP contribution in [0.1, 0.15) is 157 Å². The average molecular weight is 1230 g/mol. The number of amides is 10. The molecule has 86 heavy (non-hydrogen) atoms. The Hall–Kier alpha value is -6.80. The van der Waals surface area contributed by atoms with Crippen LogP contribution in [-0.4, -0.2) is 181 Å². The van der Waals surface area contributed by atoms with E-state index in [0.29, 0.717) is 51.4 Å². The second-order valence-corrected chi connectivity index (χ2v) is 22.2. The number of guanidine groups is 1. The maximum absolute atomic E-state index is 14.4. The van der Waals surface area contributed by atoms with Gasteiger partial charge in [-0.15, -0.1) is 0 Å². The molecule has 0 saturated heterocycles. The number of primary amides is 1.